The summed E-state index contributed by atoms with van der Waals surface area (Å²) in [5.74, 6) is -0.387. The van der Waals surface area contributed by atoms with Crippen molar-refractivity contribution in [2.45, 2.75) is 25.9 Å². The highest BCUT2D eigenvalue weighted by atomic mass is 35.5. The number of benzene rings is 2. The first-order chi connectivity index (χ1) is 9.60. The summed E-state index contributed by atoms with van der Waals surface area (Å²) in [6.45, 7) is 2.68. The van der Waals surface area contributed by atoms with Crippen molar-refractivity contribution < 1.29 is 4.39 Å². The SMILES string of the molecule is CCC(NCc1ccc(Cl)c(F)c1)c1cccc(Cl)c1. The Morgan fingerprint density at radius 2 is 1.95 bits per heavy atom. The van der Waals surface area contributed by atoms with Crippen molar-refractivity contribution >= 4 is 23.2 Å². The van der Waals surface area contributed by atoms with Gasteiger partial charge in [0.2, 0.25) is 0 Å². The second-order valence-corrected chi connectivity index (χ2v) is 5.49. The Hall–Kier alpha value is -1.09. The van der Waals surface area contributed by atoms with Gasteiger partial charge in [-0.3, -0.25) is 0 Å². The highest BCUT2D eigenvalue weighted by Crippen LogP contribution is 2.21. The summed E-state index contributed by atoms with van der Waals surface area (Å²) < 4.78 is 13.4. The maximum atomic E-state index is 13.4. The molecule has 0 aliphatic heterocycles. The second-order valence-electron chi connectivity index (χ2n) is 4.65. The summed E-state index contributed by atoms with van der Waals surface area (Å²) in [4.78, 5) is 0. The van der Waals surface area contributed by atoms with Crippen LogP contribution in [0.2, 0.25) is 10.0 Å². The van der Waals surface area contributed by atoms with Gasteiger partial charge in [0.25, 0.3) is 0 Å². The lowest BCUT2D eigenvalue weighted by Crippen LogP contribution is -2.20. The molecule has 1 N–H and O–H groups in total. The van der Waals surface area contributed by atoms with Gasteiger partial charge in [-0.25, -0.2) is 4.39 Å². The Bertz CT molecular complexity index is 586. The van der Waals surface area contributed by atoms with Gasteiger partial charge in [0.05, 0.1) is 5.02 Å². The van der Waals surface area contributed by atoms with E-state index in [2.05, 4.69) is 12.2 Å². The highest BCUT2D eigenvalue weighted by Gasteiger charge is 2.09. The fraction of sp³-hybridized carbons (Fsp3) is 0.250. The van der Waals surface area contributed by atoms with Gasteiger partial charge in [0, 0.05) is 17.6 Å². The number of hydrogen-bond donors (Lipinski definition) is 1. The van der Waals surface area contributed by atoms with Crippen LogP contribution in [-0.4, -0.2) is 0 Å². The third kappa shape index (κ3) is 3.95. The minimum Gasteiger partial charge on any atom is -0.306 e. The number of rotatable bonds is 5. The molecule has 20 heavy (non-hydrogen) atoms. The molecule has 4 heteroatoms. The fourth-order valence-corrected chi connectivity index (χ4v) is 2.43. The van der Waals surface area contributed by atoms with Crippen molar-refractivity contribution in [2.75, 3.05) is 0 Å². The molecule has 106 valence electrons. The minimum absolute atomic E-state index is 0.149. The van der Waals surface area contributed by atoms with E-state index in [1.807, 2.05) is 30.3 Å². The molecule has 0 fully saturated rings. The average Bonchev–Trinajstić information content (AvgIpc) is 2.43. The topological polar surface area (TPSA) is 12.0 Å². The molecule has 2 aromatic carbocycles. The lowest BCUT2D eigenvalue weighted by molar-refractivity contribution is 0.517. The van der Waals surface area contributed by atoms with Crippen LogP contribution in [0.4, 0.5) is 4.39 Å². The first kappa shape index (κ1) is 15.3. The Balaban J connectivity index is 2.05. The smallest absolute Gasteiger partial charge is 0.142 e. The molecule has 0 heterocycles. The number of hydrogen-bond acceptors (Lipinski definition) is 1. The van der Waals surface area contributed by atoms with Gasteiger partial charge in [0.15, 0.2) is 0 Å². The Morgan fingerprint density at radius 3 is 2.60 bits per heavy atom. The third-order valence-corrected chi connectivity index (χ3v) is 3.74. The Labute approximate surface area is 128 Å². The van der Waals surface area contributed by atoms with Crippen molar-refractivity contribution in [3.63, 3.8) is 0 Å². The second kappa shape index (κ2) is 7.07. The summed E-state index contributed by atoms with van der Waals surface area (Å²) in [5.41, 5.74) is 2.00. The molecule has 2 rings (SSSR count). The summed E-state index contributed by atoms with van der Waals surface area (Å²) >= 11 is 11.7. The van der Waals surface area contributed by atoms with E-state index in [4.69, 9.17) is 23.2 Å². The zero-order chi connectivity index (χ0) is 14.5. The van der Waals surface area contributed by atoms with Gasteiger partial charge in [-0.2, -0.15) is 0 Å². The first-order valence-corrected chi connectivity index (χ1v) is 7.28. The minimum atomic E-state index is -0.387. The van der Waals surface area contributed by atoms with E-state index in [9.17, 15) is 4.39 Å². The summed E-state index contributed by atoms with van der Waals surface area (Å²) in [6.07, 6.45) is 0.927. The molecule has 0 spiro atoms. The molecule has 1 nitrogen and oxygen atoms in total. The summed E-state index contributed by atoms with van der Waals surface area (Å²) in [7, 11) is 0. The van der Waals surface area contributed by atoms with E-state index in [1.165, 1.54) is 6.07 Å². The summed E-state index contributed by atoms with van der Waals surface area (Å²) in [5, 5.41) is 4.28. The molecular formula is C16H16Cl2FN. The fourth-order valence-electron chi connectivity index (χ4n) is 2.11. The van der Waals surface area contributed by atoms with Crippen molar-refractivity contribution in [3.05, 3.63) is 69.5 Å². The predicted octanol–water partition coefficient (Wildman–Crippen LogP) is 5.37. The molecule has 1 atom stereocenters. The zero-order valence-corrected chi connectivity index (χ0v) is 12.7. The monoisotopic (exact) mass is 311 g/mol. The molecule has 0 aliphatic carbocycles. The van der Waals surface area contributed by atoms with Crippen molar-refractivity contribution in [3.8, 4) is 0 Å². The molecule has 0 amide bonds. The van der Waals surface area contributed by atoms with Crippen molar-refractivity contribution in [2.24, 2.45) is 0 Å². The van der Waals surface area contributed by atoms with Crippen LogP contribution in [0.15, 0.2) is 42.5 Å². The van der Waals surface area contributed by atoms with Crippen LogP contribution in [0, 0.1) is 5.82 Å². The van der Waals surface area contributed by atoms with Gasteiger partial charge >= 0.3 is 0 Å². The third-order valence-electron chi connectivity index (χ3n) is 3.20. The quantitative estimate of drug-likeness (QED) is 0.782. The number of halogens is 3. The Kier molecular flexibility index (Phi) is 5.41. The Morgan fingerprint density at radius 1 is 1.15 bits per heavy atom. The van der Waals surface area contributed by atoms with Crippen molar-refractivity contribution in [1.29, 1.82) is 0 Å². The van der Waals surface area contributed by atoms with E-state index < -0.39 is 0 Å². The van der Waals surface area contributed by atoms with E-state index in [0.717, 1.165) is 22.6 Å². The molecule has 0 aliphatic rings. The van der Waals surface area contributed by atoms with Crippen LogP contribution in [0.5, 0.6) is 0 Å². The van der Waals surface area contributed by atoms with Gasteiger partial charge in [-0.05, 0) is 41.8 Å². The molecule has 0 radical (unpaired) electrons. The van der Waals surface area contributed by atoms with Crippen molar-refractivity contribution in [1.82, 2.24) is 5.32 Å². The van der Waals surface area contributed by atoms with Crippen LogP contribution >= 0.6 is 23.2 Å². The largest absolute Gasteiger partial charge is 0.306 e. The molecule has 0 saturated carbocycles. The lowest BCUT2D eigenvalue weighted by atomic mass is 10.0. The highest BCUT2D eigenvalue weighted by molar-refractivity contribution is 6.30. The van der Waals surface area contributed by atoms with E-state index in [-0.39, 0.29) is 16.9 Å². The van der Waals surface area contributed by atoms with Crippen LogP contribution in [0.25, 0.3) is 0 Å². The predicted molar refractivity (Wildman–Crippen MR) is 82.7 cm³/mol. The van der Waals surface area contributed by atoms with Gasteiger partial charge in [-0.1, -0.05) is 48.3 Å². The van der Waals surface area contributed by atoms with Gasteiger partial charge in [0.1, 0.15) is 5.82 Å². The average molecular weight is 312 g/mol. The maximum absolute atomic E-state index is 13.4. The zero-order valence-electron chi connectivity index (χ0n) is 11.2. The molecule has 2 aromatic rings. The molecular weight excluding hydrogens is 296 g/mol. The first-order valence-electron chi connectivity index (χ1n) is 6.53. The number of nitrogens with one attached hydrogen (secondary N) is 1. The van der Waals surface area contributed by atoms with Crippen LogP contribution in [-0.2, 0) is 6.54 Å². The van der Waals surface area contributed by atoms with Gasteiger partial charge in [-0.15, -0.1) is 0 Å². The lowest BCUT2D eigenvalue weighted by Gasteiger charge is -2.18. The normalized spacial score (nSPS) is 12.4. The molecule has 0 bridgehead atoms. The van der Waals surface area contributed by atoms with Gasteiger partial charge < -0.3 is 5.32 Å². The summed E-state index contributed by atoms with van der Waals surface area (Å²) in [6, 6.07) is 12.8. The van der Waals surface area contributed by atoms with Crippen LogP contribution < -0.4 is 5.32 Å². The maximum Gasteiger partial charge on any atom is 0.142 e. The van der Waals surface area contributed by atoms with Crippen LogP contribution in [0.1, 0.15) is 30.5 Å². The van der Waals surface area contributed by atoms with E-state index in [0.29, 0.717) is 6.54 Å². The molecule has 0 saturated heterocycles. The molecule has 0 aromatic heterocycles. The van der Waals surface area contributed by atoms with E-state index in [1.54, 1.807) is 6.07 Å². The van der Waals surface area contributed by atoms with E-state index >= 15 is 0 Å². The standard InChI is InChI=1S/C16H16Cl2FN/c1-2-16(12-4-3-5-13(17)9-12)20-10-11-6-7-14(18)15(19)8-11/h3-9,16,20H,2,10H2,1H3. The van der Waals surface area contributed by atoms with Crippen LogP contribution in [0.3, 0.4) is 0 Å². The molecule has 1 unspecified atom stereocenters.